The summed E-state index contributed by atoms with van der Waals surface area (Å²) in [4.78, 5) is 4.56. The molecule has 0 bridgehead atoms. The van der Waals surface area contributed by atoms with Crippen molar-refractivity contribution in [3.8, 4) is 0 Å². The average molecular weight is 204 g/mol. The second-order valence-electron chi connectivity index (χ2n) is 5.58. The van der Waals surface area contributed by atoms with E-state index in [0.29, 0.717) is 6.04 Å². The van der Waals surface area contributed by atoms with Crippen LogP contribution in [0.4, 0.5) is 0 Å². The van der Waals surface area contributed by atoms with Crippen LogP contribution < -0.4 is 5.73 Å². The van der Waals surface area contributed by atoms with Crippen LogP contribution in [0.5, 0.6) is 0 Å². The first kappa shape index (κ1) is 10.6. The SMILES string of the molecule is CC(C)(C)c1cnc2c(c1)CC(N)CC2. The summed E-state index contributed by atoms with van der Waals surface area (Å²) >= 11 is 0. The van der Waals surface area contributed by atoms with Gasteiger partial charge in [0.15, 0.2) is 0 Å². The minimum absolute atomic E-state index is 0.184. The van der Waals surface area contributed by atoms with Gasteiger partial charge in [0.05, 0.1) is 0 Å². The van der Waals surface area contributed by atoms with Crippen LogP contribution in [-0.2, 0) is 18.3 Å². The Kier molecular flexibility index (Phi) is 2.55. The van der Waals surface area contributed by atoms with Crippen LogP contribution in [0.1, 0.15) is 44.0 Å². The van der Waals surface area contributed by atoms with Gasteiger partial charge in [-0.2, -0.15) is 0 Å². The molecule has 2 nitrogen and oxygen atoms in total. The fourth-order valence-electron chi connectivity index (χ4n) is 2.06. The number of rotatable bonds is 0. The van der Waals surface area contributed by atoms with Crippen molar-refractivity contribution < 1.29 is 0 Å². The summed E-state index contributed by atoms with van der Waals surface area (Å²) in [6.45, 7) is 6.66. The van der Waals surface area contributed by atoms with E-state index in [9.17, 15) is 0 Å². The van der Waals surface area contributed by atoms with Gasteiger partial charge in [0.25, 0.3) is 0 Å². The third-order valence-corrected chi connectivity index (χ3v) is 3.16. The molecular formula is C13H20N2. The molecule has 1 aliphatic rings. The van der Waals surface area contributed by atoms with Gasteiger partial charge in [-0.05, 0) is 35.8 Å². The van der Waals surface area contributed by atoms with Gasteiger partial charge in [-0.3, -0.25) is 4.98 Å². The minimum Gasteiger partial charge on any atom is -0.327 e. The van der Waals surface area contributed by atoms with Crippen molar-refractivity contribution >= 4 is 0 Å². The van der Waals surface area contributed by atoms with Crippen LogP contribution >= 0.6 is 0 Å². The van der Waals surface area contributed by atoms with Crippen LogP contribution in [0.2, 0.25) is 0 Å². The Labute approximate surface area is 91.9 Å². The van der Waals surface area contributed by atoms with Gasteiger partial charge in [-0.15, -0.1) is 0 Å². The molecule has 0 aromatic carbocycles. The molecule has 0 amide bonds. The minimum atomic E-state index is 0.184. The van der Waals surface area contributed by atoms with Gasteiger partial charge in [0.1, 0.15) is 0 Å². The number of nitrogens with two attached hydrogens (primary N) is 1. The second kappa shape index (κ2) is 3.60. The van der Waals surface area contributed by atoms with E-state index in [1.165, 1.54) is 16.8 Å². The number of aryl methyl sites for hydroxylation is 1. The lowest BCUT2D eigenvalue weighted by atomic mass is 9.84. The Morgan fingerprint density at radius 2 is 2.13 bits per heavy atom. The maximum atomic E-state index is 5.98. The zero-order chi connectivity index (χ0) is 11.1. The number of nitrogens with zero attached hydrogens (tertiary/aromatic N) is 1. The maximum absolute atomic E-state index is 5.98. The highest BCUT2D eigenvalue weighted by atomic mass is 14.7. The Morgan fingerprint density at radius 3 is 2.80 bits per heavy atom. The zero-order valence-corrected chi connectivity index (χ0v) is 9.88. The fraction of sp³-hybridized carbons (Fsp3) is 0.615. The largest absolute Gasteiger partial charge is 0.327 e. The summed E-state index contributed by atoms with van der Waals surface area (Å²) in [6, 6.07) is 2.62. The van der Waals surface area contributed by atoms with Gasteiger partial charge in [0.2, 0.25) is 0 Å². The van der Waals surface area contributed by atoms with Crippen LogP contribution in [0.3, 0.4) is 0 Å². The molecule has 1 aromatic rings. The van der Waals surface area contributed by atoms with E-state index in [1.807, 2.05) is 6.20 Å². The second-order valence-corrected chi connectivity index (χ2v) is 5.58. The van der Waals surface area contributed by atoms with Crippen LogP contribution in [0.15, 0.2) is 12.3 Å². The predicted octanol–water partition coefficient (Wildman–Crippen LogP) is 2.20. The molecule has 0 saturated heterocycles. The molecule has 1 aliphatic carbocycles. The molecule has 2 N–H and O–H groups in total. The molecule has 0 radical (unpaired) electrons. The number of hydrogen-bond donors (Lipinski definition) is 1. The lowest BCUT2D eigenvalue weighted by Gasteiger charge is -2.24. The first-order chi connectivity index (χ1) is 6.97. The molecule has 0 aliphatic heterocycles. The van der Waals surface area contributed by atoms with Gasteiger partial charge in [-0.1, -0.05) is 26.8 Å². The molecule has 1 unspecified atom stereocenters. The Bertz CT molecular complexity index is 363. The van der Waals surface area contributed by atoms with Gasteiger partial charge >= 0.3 is 0 Å². The van der Waals surface area contributed by atoms with E-state index in [1.54, 1.807) is 0 Å². The number of hydrogen-bond acceptors (Lipinski definition) is 2. The van der Waals surface area contributed by atoms with Gasteiger partial charge in [-0.25, -0.2) is 0 Å². The highest BCUT2D eigenvalue weighted by Crippen LogP contribution is 2.26. The smallest absolute Gasteiger partial charge is 0.0436 e. The Morgan fingerprint density at radius 1 is 1.40 bits per heavy atom. The number of fused-ring (bicyclic) bond motifs is 1. The first-order valence-corrected chi connectivity index (χ1v) is 5.70. The third-order valence-electron chi connectivity index (χ3n) is 3.16. The van der Waals surface area contributed by atoms with Crippen molar-refractivity contribution in [2.24, 2.45) is 5.73 Å². The molecular weight excluding hydrogens is 184 g/mol. The monoisotopic (exact) mass is 204 g/mol. The van der Waals surface area contributed by atoms with E-state index in [2.05, 4.69) is 31.8 Å². The van der Waals surface area contributed by atoms with Crippen molar-refractivity contribution in [1.29, 1.82) is 0 Å². The van der Waals surface area contributed by atoms with Crippen molar-refractivity contribution in [1.82, 2.24) is 4.98 Å². The van der Waals surface area contributed by atoms with Crippen LogP contribution in [0, 0.1) is 0 Å². The van der Waals surface area contributed by atoms with Gasteiger partial charge < -0.3 is 5.73 Å². The normalized spacial score (nSPS) is 21.2. The standard InChI is InChI=1S/C13H20N2/c1-13(2,3)10-6-9-7-11(14)4-5-12(9)15-8-10/h6,8,11H,4-5,7,14H2,1-3H3. The molecule has 0 spiro atoms. The molecule has 2 heteroatoms. The highest BCUT2D eigenvalue weighted by molar-refractivity contribution is 5.31. The third kappa shape index (κ3) is 2.20. The molecule has 82 valence electrons. The van der Waals surface area contributed by atoms with Crippen LogP contribution in [-0.4, -0.2) is 11.0 Å². The first-order valence-electron chi connectivity index (χ1n) is 5.70. The summed E-state index contributed by atoms with van der Waals surface area (Å²) in [5.41, 5.74) is 10.1. The lowest BCUT2D eigenvalue weighted by molar-refractivity contribution is 0.552. The summed E-state index contributed by atoms with van der Waals surface area (Å²) in [7, 11) is 0. The summed E-state index contributed by atoms with van der Waals surface area (Å²) < 4.78 is 0. The van der Waals surface area contributed by atoms with E-state index in [-0.39, 0.29) is 5.41 Å². The Hall–Kier alpha value is -0.890. The van der Waals surface area contributed by atoms with E-state index in [0.717, 1.165) is 19.3 Å². The van der Waals surface area contributed by atoms with Crippen molar-refractivity contribution in [2.45, 2.75) is 51.5 Å². The molecule has 1 atom stereocenters. The van der Waals surface area contributed by atoms with E-state index in [4.69, 9.17) is 5.73 Å². The Balaban J connectivity index is 2.37. The summed E-state index contributed by atoms with van der Waals surface area (Å²) in [5.74, 6) is 0. The molecule has 1 heterocycles. The summed E-state index contributed by atoms with van der Waals surface area (Å²) in [5, 5.41) is 0. The van der Waals surface area contributed by atoms with Crippen molar-refractivity contribution in [3.05, 3.63) is 29.1 Å². The topological polar surface area (TPSA) is 38.9 Å². The van der Waals surface area contributed by atoms with Crippen molar-refractivity contribution in [2.75, 3.05) is 0 Å². The van der Waals surface area contributed by atoms with Crippen LogP contribution in [0.25, 0.3) is 0 Å². The number of pyridine rings is 1. The summed E-state index contributed by atoms with van der Waals surface area (Å²) in [6.07, 6.45) is 5.14. The number of aromatic nitrogens is 1. The van der Waals surface area contributed by atoms with E-state index < -0.39 is 0 Å². The predicted molar refractivity (Wildman–Crippen MR) is 62.9 cm³/mol. The average Bonchev–Trinajstić information content (AvgIpc) is 2.15. The van der Waals surface area contributed by atoms with Gasteiger partial charge in [0, 0.05) is 17.9 Å². The molecule has 0 saturated carbocycles. The fourth-order valence-corrected chi connectivity index (χ4v) is 2.06. The maximum Gasteiger partial charge on any atom is 0.0436 e. The molecule has 1 aromatic heterocycles. The highest BCUT2D eigenvalue weighted by Gasteiger charge is 2.20. The van der Waals surface area contributed by atoms with Crippen molar-refractivity contribution in [3.63, 3.8) is 0 Å². The molecule has 2 rings (SSSR count). The molecule has 15 heavy (non-hydrogen) atoms. The lowest BCUT2D eigenvalue weighted by Crippen LogP contribution is -2.29. The van der Waals surface area contributed by atoms with E-state index >= 15 is 0 Å². The molecule has 0 fully saturated rings. The quantitative estimate of drug-likeness (QED) is 0.703. The zero-order valence-electron chi connectivity index (χ0n) is 9.88.